The third-order valence-corrected chi connectivity index (χ3v) is 4.58. The Bertz CT molecular complexity index is 400. The van der Waals surface area contributed by atoms with Gasteiger partial charge in [0.2, 0.25) is 0 Å². The van der Waals surface area contributed by atoms with Crippen molar-refractivity contribution in [3.8, 4) is 0 Å². The van der Waals surface area contributed by atoms with Crippen molar-refractivity contribution in [2.45, 2.75) is 65.5 Å². The largest absolute Gasteiger partial charge is 0.313 e. The predicted molar refractivity (Wildman–Crippen MR) is 75.8 cm³/mol. The Morgan fingerprint density at radius 3 is 2.39 bits per heavy atom. The normalized spacial score (nSPS) is 26.3. The second kappa shape index (κ2) is 5.43. The Morgan fingerprint density at radius 1 is 1.22 bits per heavy atom. The number of hydrogen-bond donors (Lipinski definition) is 1. The van der Waals surface area contributed by atoms with E-state index in [1.165, 1.54) is 42.6 Å². The molecule has 3 heteroatoms. The number of hydrogen-bond acceptors (Lipinski definition) is 2. The molecule has 1 fully saturated rings. The topological polar surface area (TPSA) is 29.9 Å². The highest BCUT2D eigenvalue weighted by Crippen LogP contribution is 2.34. The number of nitrogens with one attached hydrogen (secondary N) is 1. The minimum atomic E-state index is 0.390. The summed E-state index contributed by atoms with van der Waals surface area (Å²) in [6.07, 6.45) is 5.27. The molecule has 1 aliphatic rings. The summed E-state index contributed by atoms with van der Waals surface area (Å²) in [4.78, 5) is 0. The van der Waals surface area contributed by atoms with Crippen LogP contribution in [0.25, 0.3) is 0 Å². The van der Waals surface area contributed by atoms with E-state index >= 15 is 0 Å². The van der Waals surface area contributed by atoms with Crippen LogP contribution in [0.5, 0.6) is 0 Å². The third-order valence-electron chi connectivity index (χ3n) is 4.58. The fraction of sp³-hybridized carbons (Fsp3) is 0.800. The van der Waals surface area contributed by atoms with Gasteiger partial charge in [0.05, 0.1) is 11.7 Å². The maximum atomic E-state index is 4.80. The van der Waals surface area contributed by atoms with Crippen molar-refractivity contribution < 1.29 is 0 Å². The summed E-state index contributed by atoms with van der Waals surface area (Å²) in [6, 6.07) is 1.01. The highest BCUT2D eigenvalue weighted by Gasteiger charge is 2.24. The Balaban J connectivity index is 2.24. The molecule has 1 saturated carbocycles. The van der Waals surface area contributed by atoms with Gasteiger partial charge in [0.25, 0.3) is 0 Å². The van der Waals surface area contributed by atoms with Crippen LogP contribution in [0.1, 0.15) is 68.6 Å². The molecule has 0 aliphatic heterocycles. The lowest BCUT2D eigenvalue weighted by Crippen LogP contribution is -2.19. The standard InChI is InChI=1S/C15H27N3/c1-10-6-8-14(9-7-10)18-13(4)15(11(2)16-5)12(3)17-18/h10-11,14,16H,6-9H2,1-5H3. The van der Waals surface area contributed by atoms with Gasteiger partial charge in [-0.05, 0) is 59.4 Å². The van der Waals surface area contributed by atoms with E-state index in [0.717, 1.165) is 5.92 Å². The van der Waals surface area contributed by atoms with E-state index in [1.54, 1.807) is 0 Å². The lowest BCUT2D eigenvalue weighted by Gasteiger charge is -2.27. The van der Waals surface area contributed by atoms with Gasteiger partial charge in [-0.15, -0.1) is 0 Å². The van der Waals surface area contributed by atoms with Gasteiger partial charge in [0.15, 0.2) is 0 Å². The predicted octanol–water partition coefficient (Wildman–Crippen LogP) is 3.53. The summed E-state index contributed by atoms with van der Waals surface area (Å²) >= 11 is 0. The fourth-order valence-corrected chi connectivity index (χ4v) is 3.29. The molecule has 1 aromatic heterocycles. The maximum Gasteiger partial charge on any atom is 0.0644 e. The molecule has 1 aromatic rings. The third kappa shape index (κ3) is 2.46. The van der Waals surface area contributed by atoms with Crippen molar-refractivity contribution in [2.24, 2.45) is 5.92 Å². The van der Waals surface area contributed by atoms with Crippen LogP contribution >= 0.6 is 0 Å². The molecule has 0 radical (unpaired) electrons. The maximum absolute atomic E-state index is 4.80. The molecule has 3 nitrogen and oxygen atoms in total. The second-order valence-corrected chi connectivity index (χ2v) is 5.95. The summed E-state index contributed by atoms with van der Waals surface area (Å²) < 4.78 is 2.30. The highest BCUT2D eigenvalue weighted by atomic mass is 15.3. The van der Waals surface area contributed by atoms with Gasteiger partial charge in [-0.2, -0.15) is 5.10 Å². The molecule has 1 unspecified atom stereocenters. The van der Waals surface area contributed by atoms with Crippen molar-refractivity contribution in [1.29, 1.82) is 0 Å². The van der Waals surface area contributed by atoms with Gasteiger partial charge in [-0.1, -0.05) is 6.92 Å². The van der Waals surface area contributed by atoms with Crippen molar-refractivity contribution in [2.75, 3.05) is 7.05 Å². The lowest BCUT2D eigenvalue weighted by molar-refractivity contribution is 0.270. The molecule has 0 saturated heterocycles. The average molecular weight is 249 g/mol. The van der Waals surface area contributed by atoms with Crippen LogP contribution in [0.15, 0.2) is 0 Å². The molecule has 0 bridgehead atoms. The first kappa shape index (κ1) is 13.6. The van der Waals surface area contributed by atoms with Crippen LogP contribution in [-0.4, -0.2) is 16.8 Å². The highest BCUT2D eigenvalue weighted by molar-refractivity contribution is 5.28. The molecule has 0 aromatic carbocycles. The first-order chi connectivity index (χ1) is 8.54. The molecule has 1 heterocycles. The van der Waals surface area contributed by atoms with Crippen LogP contribution in [0, 0.1) is 19.8 Å². The molecular weight excluding hydrogens is 222 g/mol. The van der Waals surface area contributed by atoms with Gasteiger partial charge in [0.1, 0.15) is 0 Å². The van der Waals surface area contributed by atoms with Gasteiger partial charge >= 0.3 is 0 Å². The Kier molecular flexibility index (Phi) is 4.10. The molecule has 2 rings (SSSR count). The molecule has 1 aliphatic carbocycles. The van der Waals surface area contributed by atoms with E-state index in [4.69, 9.17) is 5.10 Å². The Morgan fingerprint density at radius 2 is 1.83 bits per heavy atom. The van der Waals surface area contributed by atoms with Crippen molar-refractivity contribution in [3.63, 3.8) is 0 Å². The Labute approximate surface area is 111 Å². The number of nitrogens with zero attached hydrogens (tertiary/aromatic N) is 2. The number of aromatic nitrogens is 2. The van der Waals surface area contributed by atoms with Gasteiger partial charge in [-0.3, -0.25) is 4.68 Å². The van der Waals surface area contributed by atoms with Crippen molar-refractivity contribution >= 4 is 0 Å². The minimum absolute atomic E-state index is 0.390. The van der Waals surface area contributed by atoms with E-state index in [2.05, 4.69) is 37.7 Å². The van der Waals surface area contributed by atoms with Gasteiger partial charge < -0.3 is 5.32 Å². The fourth-order valence-electron chi connectivity index (χ4n) is 3.29. The lowest BCUT2D eigenvalue weighted by atomic mass is 9.87. The minimum Gasteiger partial charge on any atom is -0.313 e. The van der Waals surface area contributed by atoms with Crippen LogP contribution in [0.2, 0.25) is 0 Å². The monoisotopic (exact) mass is 249 g/mol. The summed E-state index contributed by atoms with van der Waals surface area (Å²) in [5.74, 6) is 0.897. The van der Waals surface area contributed by atoms with Crippen LogP contribution in [0.4, 0.5) is 0 Å². The van der Waals surface area contributed by atoms with Gasteiger partial charge in [0, 0.05) is 17.3 Å². The van der Waals surface area contributed by atoms with Crippen molar-refractivity contribution in [3.05, 3.63) is 17.0 Å². The van der Waals surface area contributed by atoms with E-state index in [9.17, 15) is 0 Å². The van der Waals surface area contributed by atoms with Crippen LogP contribution in [0.3, 0.4) is 0 Å². The SMILES string of the molecule is CNC(C)c1c(C)nn(C2CCC(C)CC2)c1C. The molecule has 102 valence electrons. The first-order valence-corrected chi connectivity index (χ1v) is 7.27. The number of aryl methyl sites for hydroxylation is 1. The zero-order valence-electron chi connectivity index (χ0n) is 12.5. The molecule has 1 atom stereocenters. The number of rotatable bonds is 3. The second-order valence-electron chi connectivity index (χ2n) is 5.95. The van der Waals surface area contributed by atoms with E-state index in [-0.39, 0.29) is 0 Å². The molecule has 0 amide bonds. The summed E-state index contributed by atoms with van der Waals surface area (Å²) in [5.41, 5.74) is 3.93. The molecule has 18 heavy (non-hydrogen) atoms. The summed E-state index contributed by atoms with van der Waals surface area (Å²) in [5, 5.41) is 8.14. The zero-order chi connectivity index (χ0) is 13.3. The van der Waals surface area contributed by atoms with Crippen molar-refractivity contribution in [1.82, 2.24) is 15.1 Å². The zero-order valence-corrected chi connectivity index (χ0v) is 12.5. The quantitative estimate of drug-likeness (QED) is 0.888. The smallest absolute Gasteiger partial charge is 0.0644 e. The van der Waals surface area contributed by atoms with E-state index in [0.29, 0.717) is 12.1 Å². The van der Waals surface area contributed by atoms with E-state index in [1.807, 2.05) is 7.05 Å². The molecule has 0 spiro atoms. The summed E-state index contributed by atoms with van der Waals surface area (Å²) in [6.45, 7) is 8.94. The Hall–Kier alpha value is -0.830. The molecule has 1 N–H and O–H groups in total. The molecular formula is C15H27N3. The van der Waals surface area contributed by atoms with Crippen LogP contribution in [-0.2, 0) is 0 Å². The van der Waals surface area contributed by atoms with Crippen LogP contribution < -0.4 is 5.32 Å². The van der Waals surface area contributed by atoms with E-state index < -0.39 is 0 Å². The first-order valence-electron chi connectivity index (χ1n) is 7.27. The average Bonchev–Trinajstić information content (AvgIpc) is 2.65. The van der Waals surface area contributed by atoms with Gasteiger partial charge in [-0.25, -0.2) is 0 Å². The summed E-state index contributed by atoms with van der Waals surface area (Å²) in [7, 11) is 2.02.